The molecule has 0 spiro atoms. The highest BCUT2D eigenvalue weighted by atomic mass is 32.2. The van der Waals surface area contributed by atoms with Crippen LogP contribution < -0.4 is 5.73 Å². The third-order valence-electron chi connectivity index (χ3n) is 1.76. The van der Waals surface area contributed by atoms with Crippen LogP contribution in [0.1, 0.15) is 19.3 Å². The number of unbranched alkanes of at least 4 members (excludes halogenated alkanes) is 1. The number of carboxylic acid groups (broad SMARTS) is 1. The number of esters is 1. The lowest BCUT2D eigenvalue weighted by molar-refractivity contribution is -0.140. The molecule has 0 bridgehead atoms. The first-order valence-corrected chi connectivity index (χ1v) is 5.86. The van der Waals surface area contributed by atoms with Gasteiger partial charge in [0.25, 0.3) is 0 Å². The maximum atomic E-state index is 10.7. The lowest BCUT2D eigenvalue weighted by Gasteiger charge is -2.05. The number of aliphatic carboxylic acids is 1. The Hall–Kier alpha value is -0.750. The number of thioether (sulfide) groups is 1. The largest absolute Gasteiger partial charge is 0.480 e. The highest BCUT2D eigenvalue weighted by Gasteiger charge is 2.10. The number of carbonyl (C=O) groups is 2. The Morgan fingerprint density at radius 1 is 1.47 bits per heavy atom. The van der Waals surface area contributed by atoms with Gasteiger partial charge in [-0.05, 0) is 18.6 Å². The molecule has 0 heterocycles. The van der Waals surface area contributed by atoms with Crippen molar-refractivity contribution in [1.82, 2.24) is 0 Å². The van der Waals surface area contributed by atoms with Crippen LogP contribution in [0.2, 0.25) is 0 Å². The molecule has 88 valence electrons. The Labute approximate surface area is 93.4 Å². The lowest BCUT2D eigenvalue weighted by Crippen LogP contribution is -2.32. The molecule has 0 aromatic heterocycles. The molecule has 0 amide bonds. The number of carbonyl (C=O) groups excluding carboxylic acids is 1. The van der Waals surface area contributed by atoms with E-state index < -0.39 is 12.0 Å². The minimum Gasteiger partial charge on any atom is -0.480 e. The van der Waals surface area contributed by atoms with E-state index in [4.69, 9.17) is 10.8 Å². The normalized spacial score (nSPS) is 12.1. The molecule has 0 aliphatic carbocycles. The van der Waals surface area contributed by atoms with E-state index in [1.54, 1.807) is 0 Å². The smallest absolute Gasteiger partial charge is 0.321 e. The van der Waals surface area contributed by atoms with E-state index in [0.717, 1.165) is 18.6 Å². The van der Waals surface area contributed by atoms with Crippen molar-refractivity contribution in [1.29, 1.82) is 0 Å². The van der Waals surface area contributed by atoms with Crippen LogP contribution in [0.5, 0.6) is 0 Å². The van der Waals surface area contributed by atoms with Gasteiger partial charge in [0, 0.05) is 12.2 Å². The molecule has 0 aliphatic rings. The van der Waals surface area contributed by atoms with E-state index >= 15 is 0 Å². The van der Waals surface area contributed by atoms with Gasteiger partial charge in [-0.3, -0.25) is 9.59 Å². The SMILES string of the molecule is COC(=O)CCCCSCC(N)C(=O)O. The summed E-state index contributed by atoms with van der Waals surface area (Å²) in [5.74, 6) is 0.0465. The second kappa shape index (κ2) is 8.55. The van der Waals surface area contributed by atoms with Crippen molar-refractivity contribution in [3.05, 3.63) is 0 Å². The maximum Gasteiger partial charge on any atom is 0.321 e. The molecule has 0 aromatic rings. The number of ether oxygens (including phenoxy) is 1. The highest BCUT2D eigenvalue weighted by Crippen LogP contribution is 2.07. The van der Waals surface area contributed by atoms with Crippen molar-refractivity contribution in [3.8, 4) is 0 Å². The van der Waals surface area contributed by atoms with Gasteiger partial charge in [0.05, 0.1) is 7.11 Å². The van der Waals surface area contributed by atoms with E-state index in [1.807, 2.05) is 0 Å². The van der Waals surface area contributed by atoms with E-state index in [-0.39, 0.29) is 5.97 Å². The Kier molecular flexibility index (Phi) is 8.12. The van der Waals surface area contributed by atoms with Crippen LogP contribution in [0.4, 0.5) is 0 Å². The highest BCUT2D eigenvalue weighted by molar-refractivity contribution is 7.99. The zero-order chi connectivity index (χ0) is 11.7. The summed E-state index contributed by atoms with van der Waals surface area (Å²) in [7, 11) is 1.36. The van der Waals surface area contributed by atoms with Crippen LogP contribution in [0.25, 0.3) is 0 Å². The van der Waals surface area contributed by atoms with Crippen molar-refractivity contribution < 1.29 is 19.4 Å². The predicted octanol–water partition coefficient (Wildman–Crippen LogP) is 0.475. The Morgan fingerprint density at radius 3 is 2.67 bits per heavy atom. The standard InChI is InChI=1S/C9H17NO4S/c1-14-8(11)4-2-3-5-15-6-7(10)9(12)13/h7H,2-6,10H2,1H3,(H,12,13). The number of methoxy groups -OCH3 is 1. The van der Waals surface area contributed by atoms with Gasteiger partial charge in [-0.1, -0.05) is 0 Å². The van der Waals surface area contributed by atoms with E-state index in [2.05, 4.69) is 4.74 Å². The van der Waals surface area contributed by atoms with Crippen molar-refractivity contribution in [2.45, 2.75) is 25.3 Å². The number of nitrogens with two attached hydrogens (primary N) is 1. The summed E-state index contributed by atoms with van der Waals surface area (Å²) >= 11 is 1.49. The summed E-state index contributed by atoms with van der Waals surface area (Å²) in [6.07, 6.45) is 2.05. The number of hydrogen-bond donors (Lipinski definition) is 2. The Morgan fingerprint density at radius 2 is 2.13 bits per heavy atom. The van der Waals surface area contributed by atoms with Crippen molar-refractivity contribution in [2.75, 3.05) is 18.6 Å². The van der Waals surface area contributed by atoms with Crippen LogP contribution in [0.15, 0.2) is 0 Å². The second-order valence-electron chi connectivity index (χ2n) is 3.05. The average molecular weight is 235 g/mol. The minimum atomic E-state index is -0.975. The first-order chi connectivity index (χ1) is 7.07. The lowest BCUT2D eigenvalue weighted by atomic mass is 10.2. The summed E-state index contributed by atoms with van der Waals surface area (Å²) in [6, 6.07) is -0.796. The topological polar surface area (TPSA) is 89.6 Å². The quantitative estimate of drug-likeness (QED) is 0.469. The van der Waals surface area contributed by atoms with Crippen LogP contribution >= 0.6 is 11.8 Å². The summed E-state index contributed by atoms with van der Waals surface area (Å²) in [5.41, 5.74) is 5.31. The first-order valence-electron chi connectivity index (χ1n) is 4.71. The zero-order valence-corrected chi connectivity index (χ0v) is 9.59. The van der Waals surface area contributed by atoms with Gasteiger partial charge in [0.15, 0.2) is 0 Å². The molecular formula is C9H17NO4S. The van der Waals surface area contributed by atoms with E-state index in [0.29, 0.717) is 12.2 Å². The van der Waals surface area contributed by atoms with E-state index in [1.165, 1.54) is 18.9 Å². The Bertz CT molecular complexity index is 210. The number of carboxylic acids is 1. The van der Waals surface area contributed by atoms with Crippen molar-refractivity contribution in [2.24, 2.45) is 5.73 Å². The summed E-state index contributed by atoms with van der Waals surface area (Å²) in [4.78, 5) is 21.1. The molecule has 5 nitrogen and oxygen atoms in total. The molecule has 0 saturated carbocycles. The molecule has 0 radical (unpaired) electrons. The summed E-state index contributed by atoms with van der Waals surface area (Å²) in [5, 5.41) is 8.49. The maximum absolute atomic E-state index is 10.7. The number of rotatable bonds is 8. The van der Waals surface area contributed by atoms with Crippen LogP contribution in [0, 0.1) is 0 Å². The summed E-state index contributed by atoms with van der Waals surface area (Å²) < 4.78 is 4.48. The van der Waals surface area contributed by atoms with Crippen LogP contribution in [-0.4, -0.2) is 41.7 Å². The monoisotopic (exact) mass is 235 g/mol. The predicted molar refractivity (Wildman–Crippen MR) is 58.8 cm³/mol. The van der Waals surface area contributed by atoms with Gasteiger partial charge < -0.3 is 15.6 Å². The van der Waals surface area contributed by atoms with Gasteiger partial charge in [-0.2, -0.15) is 11.8 Å². The third-order valence-corrected chi connectivity index (χ3v) is 2.93. The molecule has 1 unspecified atom stereocenters. The minimum absolute atomic E-state index is 0.206. The first kappa shape index (κ1) is 14.2. The van der Waals surface area contributed by atoms with Gasteiger partial charge in [-0.15, -0.1) is 0 Å². The molecule has 15 heavy (non-hydrogen) atoms. The van der Waals surface area contributed by atoms with Gasteiger partial charge in [-0.25, -0.2) is 0 Å². The Balaban J connectivity index is 3.25. The van der Waals surface area contributed by atoms with Crippen LogP contribution in [0.3, 0.4) is 0 Å². The molecule has 6 heteroatoms. The molecule has 0 saturated heterocycles. The zero-order valence-electron chi connectivity index (χ0n) is 8.77. The second-order valence-corrected chi connectivity index (χ2v) is 4.20. The molecule has 1 atom stereocenters. The fraction of sp³-hybridized carbons (Fsp3) is 0.778. The van der Waals surface area contributed by atoms with Crippen molar-refractivity contribution in [3.63, 3.8) is 0 Å². The van der Waals surface area contributed by atoms with Gasteiger partial charge >= 0.3 is 11.9 Å². The molecule has 0 fully saturated rings. The van der Waals surface area contributed by atoms with Gasteiger partial charge in [0.1, 0.15) is 6.04 Å². The number of hydrogen-bond acceptors (Lipinski definition) is 5. The van der Waals surface area contributed by atoms with Crippen LogP contribution in [-0.2, 0) is 14.3 Å². The van der Waals surface area contributed by atoms with E-state index in [9.17, 15) is 9.59 Å². The molecule has 0 aromatic carbocycles. The average Bonchev–Trinajstić information content (AvgIpc) is 2.22. The fourth-order valence-corrected chi connectivity index (χ4v) is 1.83. The fourth-order valence-electron chi connectivity index (χ4n) is 0.857. The van der Waals surface area contributed by atoms with Gasteiger partial charge in [0.2, 0.25) is 0 Å². The molecule has 0 rings (SSSR count). The summed E-state index contributed by atoms with van der Waals surface area (Å²) in [6.45, 7) is 0. The molecule has 0 aliphatic heterocycles. The molecule has 3 N–H and O–H groups in total. The third kappa shape index (κ3) is 8.26. The van der Waals surface area contributed by atoms with Crippen molar-refractivity contribution >= 4 is 23.7 Å². The molecular weight excluding hydrogens is 218 g/mol.